The third-order valence-corrected chi connectivity index (χ3v) is 5.80. The molecule has 0 aromatic heterocycles. The van der Waals surface area contributed by atoms with Crippen LogP contribution in [0.2, 0.25) is 0 Å². The molecule has 1 heterocycles. The Morgan fingerprint density at radius 3 is 2.40 bits per heavy atom. The molecule has 4 nitrogen and oxygen atoms in total. The summed E-state index contributed by atoms with van der Waals surface area (Å²) in [6.45, 7) is 8.54. The number of rotatable bonds is 7. The number of ether oxygens (including phenoxy) is 1. The lowest BCUT2D eigenvalue weighted by Gasteiger charge is -2.42. The van der Waals surface area contributed by atoms with Crippen LogP contribution in [0.5, 0.6) is 0 Å². The van der Waals surface area contributed by atoms with Crippen LogP contribution < -0.4 is 0 Å². The molecular formula is C21H34N2O2. The molecule has 1 aliphatic carbocycles. The third-order valence-electron chi connectivity index (χ3n) is 5.80. The third kappa shape index (κ3) is 6.07. The van der Waals surface area contributed by atoms with Gasteiger partial charge in [0, 0.05) is 38.8 Å². The van der Waals surface area contributed by atoms with Crippen molar-refractivity contribution in [2.45, 2.75) is 51.4 Å². The summed E-state index contributed by atoms with van der Waals surface area (Å²) >= 11 is 0. The molecule has 0 amide bonds. The minimum absolute atomic E-state index is 0.397. The zero-order chi connectivity index (χ0) is 17.5. The molecule has 1 saturated heterocycles. The zero-order valence-corrected chi connectivity index (χ0v) is 15.6. The van der Waals surface area contributed by atoms with Gasteiger partial charge in [-0.15, -0.1) is 0 Å². The summed E-state index contributed by atoms with van der Waals surface area (Å²) in [6, 6.07) is 10.9. The van der Waals surface area contributed by atoms with Crippen molar-refractivity contribution in [1.29, 1.82) is 0 Å². The van der Waals surface area contributed by atoms with Crippen LogP contribution in [0, 0.1) is 5.92 Å². The monoisotopic (exact) mass is 346 g/mol. The van der Waals surface area contributed by atoms with E-state index in [-0.39, 0.29) is 0 Å². The average Bonchev–Trinajstić information content (AvgIpc) is 2.64. The molecule has 1 unspecified atom stereocenters. The number of piperazine rings is 1. The van der Waals surface area contributed by atoms with E-state index < -0.39 is 6.10 Å². The molecule has 3 rings (SSSR count). The number of aliphatic hydroxyl groups excluding tert-OH is 1. The van der Waals surface area contributed by atoms with Crippen LogP contribution in [-0.2, 0) is 11.3 Å². The molecule has 4 heteroatoms. The van der Waals surface area contributed by atoms with Gasteiger partial charge in [-0.25, -0.2) is 0 Å². The van der Waals surface area contributed by atoms with E-state index in [4.69, 9.17) is 4.74 Å². The fraction of sp³-hybridized carbons (Fsp3) is 0.714. The fourth-order valence-corrected chi connectivity index (χ4v) is 4.16. The van der Waals surface area contributed by atoms with Crippen LogP contribution in [0.4, 0.5) is 0 Å². The van der Waals surface area contributed by atoms with Crippen molar-refractivity contribution in [1.82, 2.24) is 9.80 Å². The van der Waals surface area contributed by atoms with Gasteiger partial charge in [-0.3, -0.25) is 9.80 Å². The van der Waals surface area contributed by atoms with Gasteiger partial charge in [0.15, 0.2) is 0 Å². The molecule has 1 aliphatic heterocycles. The highest BCUT2D eigenvalue weighted by Gasteiger charge is 2.27. The Hall–Kier alpha value is -0.940. The second kappa shape index (κ2) is 9.67. The summed E-state index contributed by atoms with van der Waals surface area (Å²) in [6.07, 6.45) is 5.13. The normalized spacial score (nSPS) is 27.3. The minimum atomic E-state index is -0.397. The molecular weight excluding hydrogens is 312 g/mol. The molecule has 0 radical (unpaired) electrons. The van der Waals surface area contributed by atoms with Crippen molar-refractivity contribution in [3.8, 4) is 0 Å². The molecule has 1 N–H and O–H groups in total. The summed E-state index contributed by atoms with van der Waals surface area (Å²) in [4.78, 5) is 5.07. The Kier molecular flexibility index (Phi) is 7.29. The highest BCUT2D eigenvalue weighted by Crippen LogP contribution is 2.27. The van der Waals surface area contributed by atoms with E-state index in [0.29, 0.717) is 13.2 Å². The van der Waals surface area contributed by atoms with Crippen molar-refractivity contribution in [2.24, 2.45) is 5.92 Å². The topological polar surface area (TPSA) is 35.9 Å². The lowest BCUT2D eigenvalue weighted by Crippen LogP contribution is -2.52. The number of hydrogen-bond acceptors (Lipinski definition) is 4. The summed E-state index contributed by atoms with van der Waals surface area (Å²) in [7, 11) is 0. The molecule has 1 saturated carbocycles. The van der Waals surface area contributed by atoms with Gasteiger partial charge in [0.25, 0.3) is 0 Å². The smallest absolute Gasteiger partial charge is 0.0900 e. The minimum Gasteiger partial charge on any atom is -0.389 e. The maximum atomic E-state index is 10.2. The van der Waals surface area contributed by atoms with Crippen molar-refractivity contribution in [3.63, 3.8) is 0 Å². The number of hydrogen-bond donors (Lipinski definition) is 1. The molecule has 2 fully saturated rings. The average molecular weight is 347 g/mol. The zero-order valence-electron chi connectivity index (χ0n) is 15.6. The van der Waals surface area contributed by atoms with Crippen LogP contribution in [0.15, 0.2) is 30.3 Å². The largest absolute Gasteiger partial charge is 0.389 e. The quantitative estimate of drug-likeness (QED) is 0.824. The lowest BCUT2D eigenvalue weighted by molar-refractivity contribution is -0.00429. The van der Waals surface area contributed by atoms with Crippen LogP contribution in [0.3, 0.4) is 0 Å². The second-order valence-electron chi connectivity index (χ2n) is 7.90. The summed E-state index contributed by atoms with van der Waals surface area (Å²) in [5, 5.41) is 10.2. The van der Waals surface area contributed by atoms with Gasteiger partial charge in [0.2, 0.25) is 0 Å². The standard InChI is InChI=1S/C21H34N2O2/c1-18-7-9-20(10-8-18)23-13-11-22(12-14-23)15-21(24)17-25-16-19-5-3-2-4-6-19/h2-6,18,20-21,24H,7-17H2,1H3. The van der Waals surface area contributed by atoms with Crippen molar-refractivity contribution < 1.29 is 9.84 Å². The first kappa shape index (κ1) is 18.8. The Labute approximate surface area is 152 Å². The summed E-state index contributed by atoms with van der Waals surface area (Å²) in [5.74, 6) is 0.920. The summed E-state index contributed by atoms with van der Waals surface area (Å²) < 4.78 is 5.66. The Bertz CT molecular complexity index is 480. The van der Waals surface area contributed by atoms with Crippen molar-refractivity contribution >= 4 is 0 Å². The molecule has 0 bridgehead atoms. The predicted molar refractivity (Wildman–Crippen MR) is 102 cm³/mol. The maximum absolute atomic E-state index is 10.2. The highest BCUT2D eigenvalue weighted by atomic mass is 16.5. The van der Waals surface area contributed by atoms with Crippen LogP contribution in [-0.4, -0.2) is 66.4 Å². The first-order valence-electron chi connectivity index (χ1n) is 9.97. The van der Waals surface area contributed by atoms with E-state index in [1.165, 1.54) is 25.7 Å². The fourth-order valence-electron chi connectivity index (χ4n) is 4.16. The second-order valence-corrected chi connectivity index (χ2v) is 7.90. The molecule has 25 heavy (non-hydrogen) atoms. The van der Waals surface area contributed by atoms with Gasteiger partial charge in [-0.2, -0.15) is 0 Å². The van der Waals surface area contributed by atoms with Crippen molar-refractivity contribution in [3.05, 3.63) is 35.9 Å². The van der Waals surface area contributed by atoms with Gasteiger partial charge in [-0.05, 0) is 37.2 Å². The number of β-amino-alcohol motifs (C(OH)–C–C–N with tert-alkyl or cyclic N) is 1. The maximum Gasteiger partial charge on any atom is 0.0900 e. The van der Waals surface area contributed by atoms with E-state index in [0.717, 1.165) is 50.2 Å². The Morgan fingerprint density at radius 2 is 1.72 bits per heavy atom. The first-order chi connectivity index (χ1) is 12.2. The molecule has 2 aliphatic rings. The van der Waals surface area contributed by atoms with E-state index >= 15 is 0 Å². The van der Waals surface area contributed by atoms with Gasteiger partial charge >= 0.3 is 0 Å². The Balaban J connectivity index is 1.30. The van der Waals surface area contributed by atoms with Crippen molar-refractivity contribution in [2.75, 3.05) is 39.3 Å². The molecule has 0 spiro atoms. The van der Waals surface area contributed by atoms with Crippen LogP contribution in [0.25, 0.3) is 0 Å². The van der Waals surface area contributed by atoms with Crippen LogP contribution >= 0.6 is 0 Å². The number of benzene rings is 1. The van der Waals surface area contributed by atoms with E-state index in [1.54, 1.807) is 0 Å². The molecule has 1 aromatic carbocycles. The molecule has 1 aromatic rings. The van der Waals surface area contributed by atoms with E-state index in [1.807, 2.05) is 18.2 Å². The van der Waals surface area contributed by atoms with Gasteiger partial charge in [-0.1, -0.05) is 37.3 Å². The lowest BCUT2D eigenvalue weighted by atomic mass is 9.86. The van der Waals surface area contributed by atoms with Gasteiger partial charge in [0.1, 0.15) is 0 Å². The molecule has 1 atom stereocenters. The number of aliphatic hydroxyl groups is 1. The van der Waals surface area contributed by atoms with Gasteiger partial charge < -0.3 is 9.84 Å². The first-order valence-corrected chi connectivity index (χ1v) is 9.97. The van der Waals surface area contributed by atoms with E-state index in [9.17, 15) is 5.11 Å². The number of nitrogens with zero attached hydrogens (tertiary/aromatic N) is 2. The van der Waals surface area contributed by atoms with Gasteiger partial charge in [0.05, 0.1) is 19.3 Å². The Morgan fingerprint density at radius 1 is 1.04 bits per heavy atom. The SMILES string of the molecule is CC1CCC(N2CCN(CC(O)COCc3ccccc3)CC2)CC1. The summed E-state index contributed by atoms with van der Waals surface area (Å²) in [5.41, 5.74) is 1.16. The van der Waals surface area contributed by atoms with E-state index in [2.05, 4.69) is 28.9 Å². The predicted octanol–water partition coefficient (Wildman–Crippen LogP) is 2.76. The highest BCUT2D eigenvalue weighted by molar-refractivity contribution is 5.13. The molecule has 140 valence electrons. The van der Waals surface area contributed by atoms with Crippen LogP contribution in [0.1, 0.15) is 38.2 Å².